The first-order valence-electron chi connectivity index (χ1n) is 9.25. The Morgan fingerprint density at radius 2 is 1.83 bits per heavy atom. The molecule has 0 heterocycles. The second kappa shape index (κ2) is 11.0. The number of carbonyl (C=O) groups is 2. The largest absolute Gasteiger partial charge is 0.484 e. The number of rotatable bonds is 9. The molecule has 0 unspecified atom stereocenters. The van der Waals surface area contributed by atoms with Crippen molar-refractivity contribution in [2.45, 2.75) is 32.9 Å². The first-order chi connectivity index (χ1) is 13.8. The Hall–Kier alpha value is -2.31. The molecule has 0 bridgehead atoms. The quantitative estimate of drug-likeness (QED) is 0.626. The number of hydrogen-bond donors (Lipinski definition) is 1. The van der Waals surface area contributed by atoms with E-state index in [1.807, 2.05) is 13.8 Å². The van der Waals surface area contributed by atoms with E-state index in [1.54, 1.807) is 18.2 Å². The summed E-state index contributed by atoms with van der Waals surface area (Å²) in [6.07, 6.45) is 0.416. The summed E-state index contributed by atoms with van der Waals surface area (Å²) in [5.74, 6) is -0.686. The molecule has 0 spiro atoms. The van der Waals surface area contributed by atoms with Crippen molar-refractivity contribution in [3.63, 3.8) is 0 Å². The van der Waals surface area contributed by atoms with Crippen molar-refractivity contribution in [3.05, 3.63) is 63.9 Å². The topological polar surface area (TPSA) is 58.6 Å². The van der Waals surface area contributed by atoms with Crippen LogP contribution >= 0.6 is 23.2 Å². The lowest BCUT2D eigenvalue weighted by molar-refractivity contribution is -0.142. The summed E-state index contributed by atoms with van der Waals surface area (Å²) in [6, 6.07) is 9.65. The van der Waals surface area contributed by atoms with Crippen molar-refractivity contribution in [1.82, 2.24) is 10.2 Å². The molecule has 2 aromatic carbocycles. The average Bonchev–Trinajstić information content (AvgIpc) is 2.69. The molecule has 156 valence electrons. The molecule has 5 nitrogen and oxygen atoms in total. The van der Waals surface area contributed by atoms with E-state index >= 15 is 0 Å². The smallest absolute Gasteiger partial charge is 0.261 e. The fraction of sp³-hybridized carbons (Fsp3) is 0.333. The Balaban J connectivity index is 2.22. The molecule has 29 heavy (non-hydrogen) atoms. The van der Waals surface area contributed by atoms with Crippen LogP contribution in [0.3, 0.4) is 0 Å². The summed E-state index contributed by atoms with van der Waals surface area (Å²) in [6.45, 7) is 3.91. The van der Waals surface area contributed by atoms with Gasteiger partial charge in [-0.15, -0.1) is 0 Å². The third-order valence-corrected chi connectivity index (χ3v) is 4.86. The van der Waals surface area contributed by atoms with Crippen LogP contribution in [-0.4, -0.2) is 35.9 Å². The van der Waals surface area contributed by atoms with Crippen LogP contribution in [0.4, 0.5) is 4.39 Å². The summed E-state index contributed by atoms with van der Waals surface area (Å²) >= 11 is 12.2. The second-order valence-electron chi connectivity index (χ2n) is 6.32. The lowest BCUT2D eigenvalue weighted by Crippen LogP contribution is -2.50. The summed E-state index contributed by atoms with van der Waals surface area (Å²) in [4.78, 5) is 26.9. The maximum absolute atomic E-state index is 13.0. The van der Waals surface area contributed by atoms with Crippen LogP contribution in [0.2, 0.25) is 10.0 Å². The lowest BCUT2D eigenvalue weighted by Gasteiger charge is -2.30. The van der Waals surface area contributed by atoms with Gasteiger partial charge in [0.05, 0.1) is 0 Å². The van der Waals surface area contributed by atoms with Crippen LogP contribution < -0.4 is 10.1 Å². The molecule has 0 aromatic heterocycles. The summed E-state index contributed by atoms with van der Waals surface area (Å²) in [5.41, 5.74) is 0.661. The van der Waals surface area contributed by atoms with Gasteiger partial charge < -0.3 is 15.0 Å². The van der Waals surface area contributed by atoms with E-state index in [1.165, 1.54) is 29.2 Å². The van der Waals surface area contributed by atoms with Crippen molar-refractivity contribution in [2.24, 2.45) is 0 Å². The molecule has 0 aliphatic rings. The molecular formula is C21H23Cl2FN2O3. The van der Waals surface area contributed by atoms with Gasteiger partial charge in [0, 0.05) is 23.1 Å². The number of likely N-dealkylation sites (N-methyl/N-ethyl adjacent to an activating group) is 1. The van der Waals surface area contributed by atoms with E-state index < -0.39 is 17.8 Å². The molecule has 0 fully saturated rings. The molecule has 2 aromatic rings. The summed E-state index contributed by atoms with van der Waals surface area (Å²) < 4.78 is 18.5. The maximum Gasteiger partial charge on any atom is 0.261 e. The molecule has 8 heteroatoms. The number of nitrogens with zero attached hydrogens (tertiary/aromatic N) is 1. The van der Waals surface area contributed by atoms with E-state index in [2.05, 4.69) is 5.32 Å². The lowest BCUT2D eigenvalue weighted by atomic mass is 10.1. The third kappa shape index (κ3) is 6.61. The first-order valence-corrected chi connectivity index (χ1v) is 10.0. The zero-order chi connectivity index (χ0) is 21.4. The molecular weight excluding hydrogens is 418 g/mol. The molecule has 1 N–H and O–H groups in total. The van der Waals surface area contributed by atoms with Crippen molar-refractivity contribution in [2.75, 3.05) is 13.2 Å². The highest BCUT2D eigenvalue weighted by atomic mass is 35.5. The minimum absolute atomic E-state index is 0.122. The predicted molar refractivity (Wildman–Crippen MR) is 112 cm³/mol. The van der Waals surface area contributed by atoms with E-state index in [4.69, 9.17) is 27.9 Å². The number of ether oxygens (including phenoxy) is 1. The minimum atomic E-state index is -0.689. The maximum atomic E-state index is 13.0. The number of hydrogen-bond acceptors (Lipinski definition) is 3. The van der Waals surface area contributed by atoms with E-state index in [0.29, 0.717) is 34.3 Å². The van der Waals surface area contributed by atoms with Gasteiger partial charge in [0.15, 0.2) is 6.61 Å². The third-order valence-electron chi connectivity index (χ3n) is 4.27. The van der Waals surface area contributed by atoms with E-state index in [9.17, 15) is 14.0 Å². The fourth-order valence-corrected chi connectivity index (χ4v) is 3.27. The number of carbonyl (C=O) groups excluding carboxylic acids is 2. The molecule has 0 saturated heterocycles. The highest BCUT2D eigenvalue weighted by Crippen LogP contribution is 2.24. The predicted octanol–water partition coefficient (Wildman–Crippen LogP) is 4.45. The fourth-order valence-electron chi connectivity index (χ4n) is 2.80. The van der Waals surface area contributed by atoms with E-state index in [-0.39, 0.29) is 19.1 Å². The van der Waals surface area contributed by atoms with Gasteiger partial charge in [0.1, 0.15) is 17.6 Å². The average molecular weight is 441 g/mol. The Labute approximate surface area is 179 Å². The molecule has 1 atom stereocenters. The van der Waals surface area contributed by atoms with Gasteiger partial charge in [0.25, 0.3) is 5.91 Å². The van der Waals surface area contributed by atoms with Gasteiger partial charge in [0.2, 0.25) is 5.91 Å². The van der Waals surface area contributed by atoms with Gasteiger partial charge in [-0.25, -0.2) is 4.39 Å². The van der Waals surface area contributed by atoms with Gasteiger partial charge in [-0.2, -0.15) is 0 Å². The Kier molecular flexibility index (Phi) is 8.73. The number of amides is 2. The van der Waals surface area contributed by atoms with Crippen LogP contribution in [0.5, 0.6) is 5.75 Å². The van der Waals surface area contributed by atoms with Gasteiger partial charge in [-0.05, 0) is 55.3 Å². The van der Waals surface area contributed by atoms with Gasteiger partial charge in [-0.1, -0.05) is 36.2 Å². The van der Waals surface area contributed by atoms with Crippen molar-refractivity contribution < 1.29 is 18.7 Å². The Morgan fingerprint density at radius 3 is 2.41 bits per heavy atom. The molecule has 0 radical (unpaired) electrons. The molecule has 0 aliphatic heterocycles. The number of nitrogens with one attached hydrogen (secondary N) is 1. The number of halogens is 3. The Bertz CT molecular complexity index is 846. The van der Waals surface area contributed by atoms with Crippen LogP contribution in [0.25, 0.3) is 0 Å². The number of benzene rings is 2. The van der Waals surface area contributed by atoms with Crippen LogP contribution in [0, 0.1) is 5.82 Å². The van der Waals surface area contributed by atoms with Crippen molar-refractivity contribution in [1.29, 1.82) is 0 Å². The highest BCUT2D eigenvalue weighted by molar-refractivity contribution is 6.35. The normalized spacial score (nSPS) is 11.6. The van der Waals surface area contributed by atoms with Crippen LogP contribution in [0.15, 0.2) is 42.5 Å². The minimum Gasteiger partial charge on any atom is -0.484 e. The molecule has 0 saturated carbocycles. The first kappa shape index (κ1) is 23.0. The van der Waals surface area contributed by atoms with Crippen LogP contribution in [0.1, 0.15) is 25.8 Å². The van der Waals surface area contributed by atoms with Gasteiger partial charge >= 0.3 is 0 Å². The molecule has 0 aliphatic carbocycles. The van der Waals surface area contributed by atoms with E-state index in [0.717, 1.165) is 0 Å². The van der Waals surface area contributed by atoms with Crippen LogP contribution in [-0.2, 0) is 16.1 Å². The van der Waals surface area contributed by atoms with Crippen molar-refractivity contribution >= 4 is 35.0 Å². The standard InChI is InChI=1S/C21H23Cl2FN2O3/c1-3-19(21(28)25-4-2)26(12-14-5-6-15(22)11-18(14)23)20(27)13-29-17-9-7-16(24)8-10-17/h5-11,19H,3-4,12-13H2,1-2H3,(H,25,28)/t19-/m1/s1. The molecule has 2 rings (SSSR count). The SMILES string of the molecule is CCNC(=O)[C@@H](CC)N(Cc1ccc(Cl)cc1Cl)C(=O)COc1ccc(F)cc1. The monoisotopic (exact) mass is 440 g/mol. The highest BCUT2D eigenvalue weighted by Gasteiger charge is 2.29. The summed E-state index contributed by atoms with van der Waals surface area (Å²) in [7, 11) is 0. The summed E-state index contributed by atoms with van der Waals surface area (Å²) in [5, 5.41) is 3.63. The van der Waals surface area contributed by atoms with Crippen molar-refractivity contribution in [3.8, 4) is 5.75 Å². The second-order valence-corrected chi connectivity index (χ2v) is 7.16. The van der Waals surface area contributed by atoms with Gasteiger partial charge in [-0.3, -0.25) is 9.59 Å². The molecule has 2 amide bonds. The Morgan fingerprint density at radius 1 is 1.14 bits per heavy atom. The zero-order valence-corrected chi connectivity index (χ0v) is 17.8. The zero-order valence-electron chi connectivity index (χ0n) is 16.3.